The second-order valence-corrected chi connectivity index (χ2v) is 7.19. The Morgan fingerprint density at radius 3 is 2.61 bits per heavy atom. The summed E-state index contributed by atoms with van der Waals surface area (Å²) in [7, 11) is 0. The number of carbonyl (C=O) groups excluding carboxylic acids is 3. The number of ether oxygens (including phenoxy) is 1. The molecule has 166 valence electrons. The molecule has 1 amide bonds. The number of ketones is 1. The summed E-state index contributed by atoms with van der Waals surface area (Å²) in [5, 5.41) is 2.80. The Morgan fingerprint density at radius 1 is 1.06 bits per heavy atom. The van der Waals surface area contributed by atoms with E-state index in [2.05, 4.69) is 10.3 Å². The zero-order valence-corrected chi connectivity index (χ0v) is 17.7. The van der Waals surface area contributed by atoms with Crippen LogP contribution in [0.5, 0.6) is 0 Å². The van der Waals surface area contributed by atoms with Gasteiger partial charge in [0.2, 0.25) is 5.78 Å². The topological polar surface area (TPSA) is 89.8 Å². The molecule has 8 heteroatoms. The largest absolute Gasteiger partial charge is 0.462 e. The summed E-state index contributed by atoms with van der Waals surface area (Å²) < 4.78 is 20.8. The van der Waals surface area contributed by atoms with Gasteiger partial charge in [0.1, 0.15) is 5.82 Å². The van der Waals surface area contributed by atoms with Gasteiger partial charge in [0, 0.05) is 30.7 Å². The Kier molecular flexibility index (Phi) is 6.26. The predicted octanol–water partition coefficient (Wildman–Crippen LogP) is 3.81. The number of benzene rings is 1. The summed E-state index contributed by atoms with van der Waals surface area (Å²) >= 11 is 0. The second kappa shape index (κ2) is 9.44. The van der Waals surface area contributed by atoms with E-state index in [-0.39, 0.29) is 35.9 Å². The molecule has 0 radical (unpaired) electrons. The second-order valence-electron chi connectivity index (χ2n) is 7.19. The average Bonchev–Trinajstić information content (AvgIpc) is 3.22. The number of rotatable bonds is 7. The first kappa shape index (κ1) is 21.9. The lowest BCUT2D eigenvalue weighted by molar-refractivity contribution is 0.0528. The van der Waals surface area contributed by atoms with Gasteiger partial charge in [-0.25, -0.2) is 9.18 Å². The number of amides is 1. The highest BCUT2D eigenvalue weighted by atomic mass is 19.1. The Labute approximate surface area is 188 Å². The van der Waals surface area contributed by atoms with E-state index in [0.29, 0.717) is 11.1 Å². The highest BCUT2D eigenvalue weighted by Crippen LogP contribution is 2.23. The standard InChI is InChI=1S/C25H20FN3O4/c1-2-33-25(32)19-13-22(23(30)18-7-3-4-8-20(18)26)29-11-9-17(12-21(19)29)24(31)28-15-16-6-5-10-27-14-16/h3-14H,2,15H2,1H3,(H,28,31). The van der Waals surface area contributed by atoms with Crippen molar-refractivity contribution in [3.63, 3.8) is 0 Å². The molecule has 0 saturated heterocycles. The van der Waals surface area contributed by atoms with Gasteiger partial charge in [0.05, 0.1) is 28.9 Å². The molecule has 0 spiro atoms. The zero-order valence-electron chi connectivity index (χ0n) is 17.7. The van der Waals surface area contributed by atoms with Crippen LogP contribution in [0.25, 0.3) is 5.52 Å². The van der Waals surface area contributed by atoms with Gasteiger partial charge in [-0.1, -0.05) is 18.2 Å². The van der Waals surface area contributed by atoms with Crippen LogP contribution in [0.15, 0.2) is 73.2 Å². The van der Waals surface area contributed by atoms with Crippen molar-refractivity contribution >= 4 is 23.2 Å². The van der Waals surface area contributed by atoms with Gasteiger partial charge in [0.15, 0.2) is 0 Å². The SMILES string of the molecule is CCOC(=O)c1cc(C(=O)c2ccccc2F)n2ccc(C(=O)NCc3cccnc3)cc12. The van der Waals surface area contributed by atoms with Gasteiger partial charge >= 0.3 is 5.97 Å². The molecular weight excluding hydrogens is 425 g/mol. The first-order valence-electron chi connectivity index (χ1n) is 10.3. The molecule has 0 aliphatic carbocycles. The number of esters is 1. The van der Waals surface area contributed by atoms with E-state index in [4.69, 9.17) is 4.74 Å². The molecule has 0 unspecified atom stereocenters. The summed E-state index contributed by atoms with van der Waals surface area (Å²) in [5.74, 6) is -2.26. The van der Waals surface area contributed by atoms with Crippen LogP contribution in [0.3, 0.4) is 0 Å². The minimum atomic E-state index is -0.665. The highest BCUT2D eigenvalue weighted by Gasteiger charge is 2.24. The summed E-state index contributed by atoms with van der Waals surface area (Å²) in [6.07, 6.45) is 4.80. The van der Waals surface area contributed by atoms with Gasteiger partial charge in [-0.3, -0.25) is 14.6 Å². The van der Waals surface area contributed by atoms with Crippen LogP contribution < -0.4 is 5.32 Å². The molecule has 4 rings (SSSR count). The van der Waals surface area contributed by atoms with E-state index in [1.54, 1.807) is 31.5 Å². The normalized spacial score (nSPS) is 10.7. The number of fused-ring (bicyclic) bond motifs is 1. The summed E-state index contributed by atoms with van der Waals surface area (Å²) in [5.41, 5.74) is 1.51. The van der Waals surface area contributed by atoms with Gasteiger partial charge in [0.25, 0.3) is 5.91 Å². The fourth-order valence-corrected chi connectivity index (χ4v) is 3.46. The van der Waals surface area contributed by atoms with E-state index < -0.39 is 17.6 Å². The number of hydrogen-bond acceptors (Lipinski definition) is 5. The molecular formula is C25H20FN3O4. The van der Waals surface area contributed by atoms with Crippen molar-refractivity contribution in [1.82, 2.24) is 14.7 Å². The van der Waals surface area contributed by atoms with Crippen molar-refractivity contribution in [1.29, 1.82) is 0 Å². The summed E-state index contributed by atoms with van der Waals surface area (Å²) in [4.78, 5) is 42.3. The summed E-state index contributed by atoms with van der Waals surface area (Å²) in [6, 6.07) is 13.6. The average molecular weight is 445 g/mol. The molecule has 4 aromatic rings. The highest BCUT2D eigenvalue weighted by molar-refractivity contribution is 6.11. The van der Waals surface area contributed by atoms with Crippen molar-refractivity contribution in [3.05, 3.63) is 107 Å². The molecule has 1 N–H and O–H groups in total. The molecule has 3 aromatic heterocycles. The van der Waals surface area contributed by atoms with E-state index in [1.165, 1.54) is 47.0 Å². The molecule has 0 aliphatic heterocycles. The number of pyridine rings is 2. The Balaban J connectivity index is 1.72. The number of carbonyl (C=O) groups is 3. The third kappa shape index (κ3) is 4.50. The zero-order chi connectivity index (χ0) is 23.4. The Morgan fingerprint density at radius 2 is 1.88 bits per heavy atom. The minimum absolute atomic E-state index is 0.0838. The Bertz CT molecular complexity index is 1350. The van der Waals surface area contributed by atoms with Gasteiger partial charge < -0.3 is 14.5 Å². The van der Waals surface area contributed by atoms with E-state index >= 15 is 0 Å². The van der Waals surface area contributed by atoms with Gasteiger partial charge in [-0.2, -0.15) is 0 Å². The lowest BCUT2D eigenvalue weighted by atomic mass is 10.1. The number of halogens is 1. The maximum Gasteiger partial charge on any atom is 0.340 e. The number of hydrogen-bond donors (Lipinski definition) is 1. The smallest absolute Gasteiger partial charge is 0.340 e. The first-order chi connectivity index (χ1) is 16.0. The van der Waals surface area contributed by atoms with Crippen LogP contribution >= 0.6 is 0 Å². The van der Waals surface area contributed by atoms with Crippen LogP contribution in [0.2, 0.25) is 0 Å². The number of aromatic nitrogens is 2. The first-order valence-corrected chi connectivity index (χ1v) is 10.3. The molecule has 0 atom stereocenters. The van der Waals surface area contributed by atoms with Crippen LogP contribution in [0.1, 0.15) is 49.3 Å². The fourth-order valence-electron chi connectivity index (χ4n) is 3.46. The van der Waals surface area contributed by atoms with Crippen molar-refractivity contribution in [2.75, 3.05) is 6.61 Å². The van der Waals surface area contributed by atoms with Crippen molar-refractivity contribution in [2.45, 2.75) is 13.5 Å². The molecule has 33 heavy (non-hydrogen) atoms. The maximum absolute atomic E-state index is 14.2. The van der Waals surface area contributed by atoms with E-state index in [9.17, 15) is 18.8 Å². The van der Waals surface area contributed by atoms with Crippen LogP contribution in [-0.2, 0) is 11.3 Å². The molecule has 0 aliphatic rings. The van der Waals surface area contributed by atoms with Gasteiger partial charge in [-0.15, -0.1) is 0 Å². The third-order valence-corrected chi connectivity index (χ3v) is 5.06. The van der Waals surface area contributed by atoms with Gasteiger partial charge in [-0.05, 0) is 48.9 Å². The van der Waals surface area contributed by atoms with E-state index in [0.717, 1.165) is 5.56 Å². The van der Waals surface area contributed by atoms with Crippen molar-refractivity contribution < 1.29 is 23.5 Å². The van der Waals surface area contributed by atoms with Crippen molar-refractivity contribution in [2.24, 2.45) is 0 Å². The molecule has 1 aromatic carbocycles. The monoisotopic (exact) mass is 445 g/mol. The van der Waals surface area contributed by atoms with Crippen molar-refractivity contribution in [3.8, 4) is 0 Å². The molecule has 3 heterocycles. The number of nitrogens with one attached hydrogen (secondary N) is 1. The van der Waals surface area contributed by atoms with Crippen LogP contribution in [0, 0.1) is 5.82 Å². The van der Waals surface area contributed by atoms with Crippen LogP contribution in [0.4, 0.5) is 4.39 Å². The lowest BCUT2D eigenvalue weighted by Gasteiger charge is -2.08. The maximum atomic E-state index is 14.2. The molecule has 0 fully saturated rings. The predicted molar refractivity (Wildman–Crippen MR) is 119 cm³/mol. The number of nitrogens with zero attached hydrogens (tertiary/aromatic N) is 2. The summed E-state index contributed by atoms with van der Waals surface area (Å²) in [6.45, 7) is 2.08. The Hall–Kier alpha value is -4.33. The lowest BCUT2D eigenvalue weighted by Crippen LogP contribution is -2.23. The molecule has 0 bridgehead atoms. The quantitative estimate of drug-likeness (QED) is 0.345. The minimum Gasteiger partial charge on any atom is -0.462 e. The molecule has 7 nitrogen and oxygen atoms in total. The molecule has 0 saturated carbocycles. The van der Waals surface area contributed by atoms with Crippen LogP contribution in [-0.4, -0.2) is 33.7 Å². The third-order valence-electron chi connectivity index (χ3n) is 5.06. The fraction of sp³-hybridized carbons (Fsp3) is 0.120. The van der Waals surface area contributed by atoms with E-state index in [1.807, 2.05) is 6.07 Å².